The van der Waals surface area contributed by atoms with Crippen molar-refractivity contribution in [2.45, 2.75) is 19.9 Å². The van der Waals surface area contributed by atoms with Gasteiger partial charge >= 0.3 is 5.97 Å². The van der Waals surface area contributed by atoms with Gasteiger partial charge < -0.3 is 20.1 Å². The number of methoxy groups -OCH3 is 1. The van der Waals surface area contributed by atoms with Gasteiger partial charge in [-0.2, -0.15) is 0 Å². The largest absolute Gasteiger partial charge is 0.462 e. The SMILES string of the molecule is CCOC(=O)c1ccnc(N(C)C(C)COC)c1N. The van der Waals surface area contributed by atoms with Crippen LogP contribution in [0.15, 0.2) is 12.3 Å². The fourth-order valence-electron chi connectivity index (χ4n) is 1.69. The molecule has 1 aromatic rings. The number of hydrogen-bond acceptors (Lipinski definition) is 6. The molecule has 0 saturated carbocycles. The van der Waals surface area contributed by atoms with Crippen LogP contribution in [0.1, 0.15) is 24.2 Å². The fraction of sp³-hybridized carbons (Fsp3) is 0.538. The maximum Gasteiger partial charge on any atom is 0.340 e. The molecular weight excluding hydrogens is 246 g/mol. The lowest BCUT2D eigenvalue weighted by Gasteiger charge is -2.26. The van der Waals surface area contributed by atoms with E-state index in [0.717, 1.165) is 0 Å². The number of anilines is 2. The van der Waals surface area contributed by atoms with Crippen molar-refractivity contribution in [2.24, 2.45) is 0 Å². The van der Waals surface area contributed by atoms with Gasteiger partial charge in [-0.3, -0.25) is 0 Å². The van der Waals surface area contributed by atoms with Gasteiger partial charge in [0.05, 0.1) is 30.5 Å². The third kappa shape index (κ3) is 3.57. The summed E-state index contributed by atoms with van der Waals surface area (Å²) in [5, 5.41) is 0. The molecule has 0 fully saturated rings. The first-order chi connectivity index (χ1) is 9.02. The Morgan fingerprint density at radius 3 is 2.84 bits per heavy atom. The summed E-state index contributed by atoms with van der Waals surface area (Å²) in [6.07, 6.45) is 1.55. The van der Waals surface area contributed by atoms with Crippen LogP contribution in [0.25, 0.3) is 0 Å². The summed E-state index contributed by atoms with van der Waals surface area (Å²) in [4.78, 5) is 17.9. The van der Waals surface area contributed by atoms with E-state index in [0.29, 0.717) is 30.3 Å². The zero-order chi connectivity index (χ0) is 14.4. The summed E-state index contributed by atoms with van der Waals surface area (Å²) in [5.41, 5.74) is 6.67. The van der Waals surface area contributed by atoms with Gasteiger partial charge in [-0.1, -0.05) is 0 Å². The van der Waals surface area contributed by atoms with Crippen molar-refractivity contribution < 1.29 is 14.3 Å². The van der Waals surface area contributed by atoms with Gasteiger partial charge in [-0.05, 0) is 19.9 Å². The van der Waals surface area contributed by atoms with Crippen LogP contribution in [0.3, 0.4) is 0 Å². The minimum atomic E-state index is -0.434. The average Bonchev–Trinajstić information content (AvgIpc) is 2.38. The summed E-state index contributed by atoms with van der Waals surface area (Å²) < 4.78 is 10.1. The minimum absolute atomic E-state index is 0.0947. The van der Waals surface area contributed by atoms with Gasteiger partial charge in [0.15, 0.2) is 5.82 Å². The third-order valence-corrected chi connectivity index (χ3v) is 2.87. The topological polar surface area (TPSA) is 77.7 Å². The van der Waals surface area contributed by atoms with Crippen molar-refractivity contribution in [3.8, 4) is 0 Å². The van der Waals surface area contributed by atoms with E-state index in [2.05, 4.69) is 4.98 Å². The van der Waals surface area contributed by atoms with Crippen molar-refractivity contribution in [3.05, 3.63) is 17.8 Å². The molecule has 2 N–H and O–H groups in total. The average molecular weight is 267 g/mol. The Morgan fingerprint density at radius 1 is 1.58 bits per heavy atom. The zero-order valence-corrected chi connectivity index (χ0v) is 11.8. The molecule has 0 radical (unpaired) electrons. The molecule has 0 spiro atoms. The van der Waals surface area contributed by atoms with Crippen molar-refractivity contribution in [1.82, 2.24) is 4.98 Å². The predicted molar refractivity (Wildman–Crippen MR) is 74.3 cm³/mol. The summed E-state index contributed by atoms with van der Waals surface area (Å²) in [5.74, 6) is 0.117. The van der Waals surface area contributed by atoms with Crippen LogP contribution < -0.4 is 10.6 Å². The number of nitrogen functional groups attached to an aromatic ring is 1. The van der Waals surface area contributed by atoms with Crippen LogP contribution in [0.5, 0.6) is 0 Å². The number of carbonyl (C=O) groups is 1. The van der Waals surface area contributed by atoms with Crippen LogP contribution in [0.4, 0.5) is 11.5 Å². The summed E-state index contributed by atoms with van der Waals surface area (Å²) in [6.45, 7) is 4.59. The van der Waals surface area contributed by atoms with Gasteiger partial charge in [0, 0.05) is 20.4 Å². The normalized spacial score (nSPS) is 12.0. The van der Waals surface area contributed by atoms with E-state index in [4.69, 9.17) is 15.2 Å². The van der Waals surface area contributed by atoms with Gasteiger partial charge in [0.25, 0.3) is 0 Å². The van der Waals surface area contributed by atoms with Gasteiger partial charge in [0.2, 0.25) is 0 Å². The first-order valence-electron chi connectivity index (χ1n) is 6.16. The number of hydrogen-bond donors (Lipinski definition) is 1. The molecule has 6 nitrogen and oxygen atoms in total. The second-order valence-corrected chi connectivity index (χ2v) is 4.23. The monoisotopic (exact) mass is 267 g/mol. The van der Waals surface area contributed by atoms with Crippen molar-refractivity contribution in [1.29, 1.82) is 0 Å². The predicted octanol–water partition coefficient (Wildman–Crippen LogP) is 1.31. The van der Waals surface area contributed by atoms with E-state index in [-0.39, 0.29) is 6.04 Å². The number of aromatic nitrogens is 1. The minimum Gasteiger partial charge on any atom is -0.462 e. The molecule has 6 heteroatoms. The summed E-state index contributed by atoms with van der Waals surface area (Å²) in [7, 11) is 3.49. The molecule has 0 aromatic carbocycles. The molecule has 0 amide bonds. The molecule has 1 rings (SSSR count). The Bertz CT molecular complexity index is 437. The lowest BCUT2D eigenvalue weighted by Crippen LogP contribution is -2.34. The molecule has 0 aliphatic carbocycles. The maximum absolute atomic E-state index is 11.8. The van der Waals surface area contributed by atoms with E-state index in [9.17, 15) is 4.79 Å². The first-order valence-corrected chi connectivity index (χ1v) is 6.16. The number of nitrogens with zero attached hydrogens (tertiary/aromatic N) is 2. The lowest BCUT2D eigenvalue weighted by molar-refractivity contribution is 0.0527. The van der Waals surface area contributed by atoms with Crippen LogP contribution in [0, 0.1) is 0 Å². The number of pyridine rings is 1. The second-order valence-electron chi connectivity index (χ2n) is 4.23. The highest BCUT2D eigenvalue weighted by molar-refractivity contribution is 5.97. The van der Waals surface area contributed by atoms with E-state index in [1.165, 1.54) is 0 Å². The Kier molecular flexibility index (Phi) is 5.57. The van der Waals surface area contributed by atoms with Gasteiger partial charge in [0.1, 0.15) is 0 Å². The van der Waals surface area contributed by atoms with E-state index < -0.39 is 5.97 Å². The molecule has 1 heterocycles. The third-order valence-electron chi connectivity index (χ3n) is 2.87. The van der Waals surface area contributed by atoms with Gasteiger partial charge in [-0.25, -0.2) is 9.78 Å². The molecule has 0 saturated heterocycles. The summed E-state index contributed by atoms with van der Waals surface area (Å²) >= 11 is 0. The molecule has 19 heavy (non-hydrogen) atoms. The highest BCUT2D eigenvalue weighted by Gasteiger charge is 2.19. The smallest absolute Gasteiger partial charge is 0.340 e. The quantitative estimate of drug-likeness (QED) is 0.783. The van der Waals surface area contributed by atoms with E-state index >= 15 is 0 Å². The molecule has 1 unspecified atom stereocenters. The zero-order valence-electron chi connectivity index (χ0n) is 11.8. The van der Waals surface area contributed by atoms with Gasteiger partial charge in [-0.15, -0.1) is 0 Å². The molecular formula is C13H21N3O3. The molecule has 1 aromatic heterocycles. The first kappa shape index (κ1) is 15.2. The Balaban J connectivity index is 3.03. The Morgan fingerprint density at radius 2 is 2.26 bits per heavy atom. The fourth-order valence-corrected chi connectivity index (χ4v) is 1.69. The molecule has 0 aliphatic heterocycles. The number of esters is 1. The van der Waals surface area contributed by atoms with E-state index in [1.54, 1.807) is 26.3 Å². The molecule has 0 aliphatic rings. The lowest BCUT2D eigenvalue weighted by atomic mass is 10.2. The number of rotatable bonds is 6. The van der Waals surface area contributed by atoms with Crippen LogP contribution in [0.2, 0.25) is 0 Å². The van der Waals surface area contributed by atoms with Crippen molar-refractivity contribution in [3.63, 3.8) is 0 Å². The number of ether oxygens (including phenoxy) is 2. The van der Waals surface area contributed by atoms with Crippen LogP contribution in [-0.4, -0.2) is 44.4 Å². The molecule has 1 atom stereocenters. The van der Waals surface area contributed by atoms with E-state index in [1.807, 2.05) is 18.9 Å². The molecule has 0 bridgehead atoms. The number of likely N-dealkylation sites (N-methyl/N-ethyl adjacent to an activating group) is 1. The number of carbonyl (C=O) groups excluding carboxylic acids is 1. The van der Waals surface area contributed by atoms with Crippen LogP contribution >= 0.6 is 0 Å². The molecule has 106 valence electrons. The summed E-state index contributed by atoms with van der Waals surface area (Å²) in [6, 6.07) is 1.66. The highest BCUT2D eigenvalue weighted by atomic mass is 16.5. The van der Waals surface area contributed by atoms with Crippen molar-refractivity contribution in [2.75, 3.05) is 38.0 Å². The Hall–Kier alpha value is -1.82. The standard InChI is InChI=1S/C13H21N3O3/c1-5-19-13(17)10-6-7-15-12(11(10)14)16(3)9(2)8-18-4/h6-7,9H,5,8,14H2,1-4H3. The van der Waals surface area contributed by atoms with Crippen LogP contribution in [-0.2, 0) is 9.47 Å². The van der Waals surface area contributed by atoms with Crippen molar-refractivity contribution >= 4 is 17.5 Å². The Labute approximate surface area is 113 Å². The highest BCUT2D eigenvalue weighted by Crippen LogP contribution is 2.25. The number of nitrogens with two attached hydrogens (primary N) is 1. The second kappa shape index (κ2) is 6.94. The maximum atomic E-state index is 11.8.